The maximum Gasteiger partial charge on any atom is 0.460 e. The van der Waals surface area contributed by atoms with Gasteiger partial charge in [0.2, 0.25) is 0 Å². The van der Waals surface area contributed by atoms with Gasteiger partial charge in [-0.15, -0.1) is 0 Å². The summed E-state index contributed by atoms with van der Waals surface area (Å²) in [7, 11) is 0. The highest BCUT2D eigenvalue weighted by molar-refractivity contribution is 5.89. The minimum absolute atomic E-state index is 0.267. The van der Waals surface area contributed by atoms with Crippen molar-refractivity contribution in [3.05, 3.63) is 29.8 Å². The highest BCUT2D eigenvalue weighted by Gasteiger charge is 2.81. The zero-order valence-electron chi connectivity index (χ0n) is 11.9. The van der Waals surface area contributed by atoms with E-state index in [0.717, 1.165) is 24.3 Å². The Balaban J connectivity index is 2.77. The summed E-state index contributed by atoms with van der Waals surface area (Å²) < 4.78 is 117. The van der Waals surface area contributed by atoms with Crippen LogP contribution in [-0.4, -0.2) is 41.6 Å². The lowest BCUT2D eigenvalue weighted by Gasteiger charge is -2.33. The summed E-state index contributed by atoms with van der Waals surface area (Å²) in [4.78, 5) is 11.4. The molecule has 0 spiro atoms. The second-order valence-corrected chi connectivity index (χ2v) is 4.78. The van der Waals surface area contributed by atoms with Crippen LogP contribution in [0.2, 0.25) is 0 Å². The van der Waals surface area contributed by atoms with Gasteiger partial charge in [-0.2, -0.15) is 39.5 Å². The molecule has 1 rings (SSSR count). The largest absolute Gasteiger partial charge is 0.508 e. The van der Waals surface area contributed by atoms with Crippen molar-refractivity contribution < 1.29 is 54.2 Å². The lowest BCUT2D eigenvalue weighted by Crippen LogP contribution is -2.61. The summed E-state index contributed by atoms with van der Waals surface area (Å²) in [6, 6.07) is 3.96. The summed E-state index contributed by atoms with van der Waals surface area (Å²) >= 11 is 0. The molecule has 0 unspecified atom stereocenters. The Morgan fingerprint density at radius 3 is 1.80 bits per heavy atom. The number of benzene rings is 1. The first kappa shape index (κ1) is 20.9. The quantitative estimate of drug-likeness (QED) is 0.584. The van der Waals surface area contributed by atoms with Crippen molar-refractivity contribution in [2.75, 3.05) is 6.61 Å². The zero-order chi connectivity index (χ0) is 19.7. The summed E-state index contributed by atoms with van der Waals surface area (Å²) in [5, 5.41) is 8.96. The topological polar surface area (TPSA) is 46.5 Å². The normalized spacial score (nSPS) is 13.6. The number of carbonyl (C=O) groups excluding carboxylic acids is 1. The summed E-state index contributed by atoms with van der Waals surface area (Å²) in [6.07, 6.45) is -9.17. The average molecular weight is 384 g/mol. The molecule has 12 heteroatoms. The van der Waals surface area contributed by atoms with Gasteiger partial charge in [-0.25, -0.2) is 4.79 Å². The van der Waals surface area contributed by atoms with Crippen molar-refractivity contribution in [1.29, 1.82) is 0 Å². The number of ether oxygens (including phenoxy) is 1. The number of carbonyl (C=O) groups is 1. The smallest absolute Gasteiger partial charge is 0.460 e. The molecule has 0 atom stereocenters. The van der Waals surface area contributed by atoms with Crippen LogP contribution in [0.3, 0.4) is 0 Å². The predicted octanol–water partition coefficient (Wildman–Crippen LogP) is 4.41. The van der Waals surface area contributed by atoms with Gasteiger partial charge in [-0.3, -0.25) is 0 Å². The van der Waals surface area contributed by atoms with Crippen LogP contribution in [0.15, 0.2) is 24.3 Å². The third-order valence-corrected chi connectivity index (χ3v) is 2.96. The number of aromatic hydroxyl groups is 1. The zero-order valence-corrected chi connectivity index (χ0v) is 11.9. The summed E-state index contributed by atoms with van der Waals surface area (Å²) in [5.41, 5.74) is -0.298. The van der Waals surface area contributed by atoms with Crippen LogP contribution in [0.5, 0.6) is 5.75 Å². The van der Waals surface area contributed by atoms with Crippen LogP contribution >= 0.6 is 0 Å². The van der Waals surface area contributed by atoms with E-state index in [0.29, 0.717) is 0 Å². The standard InChI is InChI=1S/C13H9F9O3/c14-10(15,11(16,17)12(18,19)13(20,21)22)5-6-25-9(24)7-1-3-8(23)4-2-7/h1-4,23H,5-6H2. The van der Waals surface area contributed by atoms with Gasteiger partial charge in [-0.1, -0.05) is 0 Å². The summed E-state index contributed by atoms with van der Waals surface area (Å²) in [6.45, 7) is -1.55. The fourth-order valence-electron chi connectivity index (χ4n) is 1.52. The van der Waals surface area contributed by atoms with Crippen LogP contribution < -0.4 is 0 Å². The van der Waals surface area contributed by atoms with E-state index in [1.54, 1.807) is 0 Å². The Morgan fingerprint density at radius 1 is 0.880 bits per heavy atom. The van der Waals surface area contributed by atoms with Gasteiger partial charge in [0.05, 0.1) is 18.6 Å². The number of phenolic OH excluding ortho intramolecular Hbond substituents is 1. The lowest BCUT2D eigenvalue weighted by atomic mass is 10.0. The molecule has 142 valence electrons. The van der Waals surface area contributed by atoms with E-state index in [2.05, 4.69) is 4.74 Å². The first-order valence-corrected chi connectivity index (χ1v) is 6.30. The van der Waals surface area contributed by atoms with Crippen molar-refractivity contribution in [1.82, 2.24) is 0 Å². The van der Waals surface area contributed by atoms with Crippen LogP contribution in [0, 0.1) is 0 Å². The number of hydrogen-bond acceptors (Lipinski definition) is 3. The Morgan fingerprint density at radius 2 is 1.36 bits per heavy atom. The molecule has 25 heavy (non-hydrogen) atoms. The number of phenols is 1. The van der Waals surface area contributed by atoms with Crippen LogP contribution in [-0.2, 0) is 4.74 Å². The van der Waals surface area contributed by atoms with Crippen LogP contribution in [0.4, 0.5) is 39.5 Å². The van der Waals surface area contributed by atoms with E-state index in [4.69, 9.17) is 5.11 Å². The van der Waals surface area contributed by atoms with Crippen molar-refractivity contribution in [2.24, 2.45) is 0 Å². The average Bonchev–Trinajstić information content (AvgIpc) is 2.46. The number of esters is 1. The van der Waals surface area contributed by atoms with Gasteiger partial charge in [0, 0.05) is 0 Å². The third kappa shape index (κ3) is 4.10. The second kappa shape index (κ2) is 6.64. The molecule has 1 aromatic rings. The monoisotopic (exact) mass is 384 g/mol. The Bertz CT molecular complexity index is 608. The molecule has 0 aromatic heterocycles. The fraction of sp³-hybridized carbons (Fsp3) is 0.462. The molecule has 3 nitrogen and oxygen atoms in total. The second-order valence-electron chi connectivity index (χ2n) is 4.78. The van der Waals surface area contributed by atoms with E-state index >= 15 is 0 Å². The van der Waals surface area contributed by atoms with Gasteiger partial charge in [0.25, 0.3) is 0 Å². The molecule has 0 aliphatic carbocycles. The van der Waals surface area contributed by atoms with Gasteiger partial charge in [0.1, 0.15) is 5.75 Å². The molecular formula is C13H9F9O3. The molecule has 0 fully saturated rings. The van der Waals surface area contributed by atoms with E-state index < -0.39 is 42.9 Å². The van der Waals surface area contributed by atoms with Gasteiger partial charge in [0.15, 0.2) is 0 Å². The van der Waals surface area contributed by atoms with E-state index in [9.17, 15) is 44.3 Å². The molecule has 0 saturated heterocycles. The first-order chi connectivity index (χ1) is 11.1. The minimum Gasteiger partial charge on any atom is -0.508 e. The highest BCUT2D eigenvalue weighted by Crippen LogP contribution is 2.53. The number of alkyl halides is 9. The van der Waals surface area contributed by atoms with Crippen molar-refractivity contribution >= 4 is 5.97 Å². The molecule has 1 N–H and O–H groups in total. The lowest BCUT2D eigenvalue weighted by molar-refractivity contribution is -0.397. The molecule has 0 heterocycles. The molecule has 0 amide bonds. The fourth-order valence-corrected chi connectivity index (χ4v) is 1.52. The molecule has 0 aliphatic heterocycles. The van der Waals surface area contributed by atoms with E-state index in [1.165, 1.54) is 0 Å². The highest BCUT2D eigenvalue weighted by atomic mass is 19.4. The van der Waals surface area contributed by atoms with Crippen LogP contribution in [0.25, 0.3) is 0 Å². The maximum atomic E-state index is 13.2. The number of halogens is 9. The molecular weight excluding hydrogens is 375 g/mol. The first-order valence-electron chi connectivity index (χ1n) is 6.30. The Kier molecular flexibility index (Phi) is 5.55. The SMILES string of the molecule is O=C(OCCC(F)(F)C(F)(F)C(F)(F)C(F)(F)F)c1ccc(O)cc1. The van der Waals surface area contributed by atoms with Crippen molar-refractivity contribution in [3.63, 3.8) is 0 Å². The number of hydrogen-bond donors (Lipinski definition) is 1. The third-order valence-electron chi connectivity index (χ3n) is 2.96. The van der Waals surface area contributed by atoms with Gasteiger partial charge in [-0.05, 0) is 24.3 Å². The van der Waals surface area contributed by atoms with Crippen molar-refractivity contribution in [3.8, 4) is 5.75 Å². The molecule has 0 saturated carbocycles. The van der Waals surface area contributed by atoms with E-state index in [1.807, 2.05) is 0 Å². The minimum atomic E-state index is -6.98. The van der Waals surface area contributed by atoms with Gasteiger partial charge < -0.3 is 9.84 Å². The molecule has 0 aliphatic rings. The molecule has 0 bridgehead atoms. The molecule has 0 radical (unpaired) electrons. The van der Waals surface area contributed by atoms with Crippen LogP contribution in [0.1, 0.15) is 16.8 Å². The predicted molar refractivity (Wildman–Crippen MR) is 63.9 cm³/mol. The molecule has 1 aromatic carbocycles. The Labute approximate surface area is 134 Å². The van der Waals surface area contributed by atoms with Crippen molar-refractivity contribution in [2.45, 2.75) is 30.4 Å². The maximum absolute atomic E-state index is 13.2. The Hall–Kier alpha value is -2.14. The van der Waals surface area contributed by atoms with E-state index in [-0.39, 0.29) is 11.3 Å². The summed E-state index contributed by atoms with van der Waals surface area (Å²) in [5.74, 6) is -21.1. The van der Waals surface area contributed by atoms with Gasteiger partial charge >= 0.3 is 29.9 Å². The number of rotatable bonds is 6.